The van der Waals surface area contributed by atoms with Gasteiger partial charge in [0.1, 0.15) is 0 Å². The average molecular weight is 403 g/mol. The van der Waals surface area contributed by atoms with Gasteiger partial charge in [0.15, 0.2) is 5.16 Å². The number of rotatable bonds is 8. The highest BCUT2D eigenvalue weighted by Gasteiger charge is 2.12. The normalized spacial score (nSPS) is 11.4. The van der Waals surface area contributed by atoms with Crippen molar-refractivity contribution in [3.63, 3.8) is 0 Å². The van der Waals surface area contributed by atoms with E-state index in [0.29, 0.717) is 29.4 Å². The predicted molar refractivity (Wildman–Crippen MR) is 113 cm³/mol. The van der Waals surface area contributed by atoms with Crippen molar-refractivity contribution in [1.29, 1.82) is 0 Å². The molecule has 0 amide bonds. The second-order valence-electron chi connectivity index (χ2n) is 6.52. The molecule has 0 saturated heterocycles. The van der Waals surface area contributed by atoms with Gasteiger partial charge in [-0.2, -0.15) is 0 Å². The van der Waals surface area contributed by atoms with Gasteiger partial charge in [-0.3, -0.25) is 9.36 Å². The molecule has 4 nitrogen and oxygen atoms in total. The van der Waals surface area contributed by atoms with Crippen LogP contribution in [0.25, 0.3) is 10.9 Å². The van der Waals surface area contributed by atoms with Crippen LogP contribution in [0.15, 0.2) is 58.5 Å². The Hall–Kier alpha value is -1.82. The summed E-state index contributed by atoms with van der Waals surface area (Å²) in [5, 5.41) is 2.08. The summed E-state index contributed by atoms with van der Waals surface area (Å²) in [7, 11) is 0. The minimum Gasteiger partial charge on any atom is -0.379 e. The Bertz CT molecular complexity index is 972. The van der Waals surface area contributed by atoms with E-state index in [1.165, 1.54) is 11.8 Å². The summed E-state index contributed by atoms with van der Waals surface area (Å²) >= 11 is 7.80. The van der Waals surface area contributed by atoms with Gasteiger partial charge in [-0.25, -0.2) is 4.98 Å². The van der Waals surface area contributed by atoms with Crippen LogP contribution in [0.1, 0.15) is 25.8 Å². The highest BCUT2D eigenvalue weighted by molar-refractivity contribution is 7.98. The Kier molecular flexibility index (Phi) is 6.94. The second kappa shape index (κ2) is 9.40. The van der Waals surface area contributed by atoms with E-state index in [0.717, 1.165) is 22.5 Å². The van der Waals surface area contributed by atoms with Crippen LogP contribution in [0.3, 0.4) is 0 Å². The van der Waals surface area contributed by atoms with Crippen LogP contribution >= 0.6 is 23.4 Å². The fraction of sp³-hybridized carbons (Fsp3) is 0.333. The fourth-order valence-corrected chi connectivity index (χ4v) is 4.07. The molecule has 27 heavy (non-hydrogen) atoms. The first-order valence-corrected chi connectivity index (χ1v) is 10.4. The van der Waals surface area contributed by atoms with E-state index < -0.39 is 0 Å². The highest BCUT2D eigenvalue weighted by atomic mass is 35.5. The van der Waals surface area contributed by atoms with Crippen LogP contribution in [-0.4, -0.2) is 22.3 Å². The molecule has 142 valence electrons. The molecular weight excluding hydrogens is 380 g/mol. The maximum absolute atomic E-state index is 13.0. The molecule has 0 fully saturated rings. The summed E-state index contributed by atoms with van der Waals surface area (Å²) in [6.45, 7) is 5.21. The minimum atomic E-state index is -0.00759. The van der Waals surface area contributed by atoms with E-state index >= 15 is 0 Å². The topological polar surface area (TPSA) is 44.1 Å². The summed E-state index contributed by atoms with van der Waals surface area (Å²) in [6.07, 6.45) is 0.947. The third-order valence-corrected chi connectivity index (χ3v) is 5.51. The summed E-state index contributed by atoms with van der Waals surface area (Å²) in [4.78, 5) is 17.7. The van der Waals surface area contributed by atoms with Crippen molar-refractivity contribution in [1.82, 2.24) is 9.55 Å². The fourth-order valence-electron chi connectivity index (χ4n) is 2.75. The zero-order valence-electron chi connectivity index (χ0n) is 15.5. The van der Waals surface area contributed by atoms with Gasteiger partial charge in [0.2, 0.25) is 0 Å². The van der Waals surface area contributed by atoms with E-state index in [1.54, 1.807) is 4.57 Å². The summed E-state index contributed by atoms with van der Waals surface area (Å²) < 4.78 is 7.37. The molecule has 3 rings (SSSR count). The molecule has 0 saturated carbocycles. The molecule has 1 aromatic heterocycles. The van der Waals surface area contributed by atoms with Gasteiger partial charge in [-0.15, -0.1) is 0 Å². The van der Waals surface area contributed by atoms with Crippen molar-refractivity contribution in [3.05, 3.63) is 69.5 Å². The van der Waals surface area contributed by atoms with Crippen molar-refractivity contribution in [2.45, 2.75) is 43.8 Å². The number of ether oxygens (including phenoxy) is 1. The van der Waals surface area contributed by atoms with E-state index in [1.807, 2.05) is 62.4 Å². The number of halogens is 1. The second-order valence-corrected chi connectivity index (χ2v) is 7.87. The first-order valence-electron chi connectivity index (χ1n) is 9.03. The molecule has 6 heteroatoms. The number of thioether (sulfide) groups is 1. The molecular formula is C21H23ClN2O2S. The zero-order valence-corrected chi connectivity index (χ0v) is 17.1. The molecule has 2 aromatic carbocycles. The van der Waals surface area contributed by atoms with Crippen molar-refractivity contribution in [2.75, 3.05) is 6.61 Å². The third-order valence-electron chi connectivity index (χ3n) is 4.12. The smallest absolute Gasteiger partial charge is 0.262 e. The lowest BCUT2D eigenvalue weighted by molar-refractivity contribution is 0.0743. The Balaban J connectivity index is 1.87. The van der Waals surface area contributed by atoms with Crippen LogP contribution in [0, 0.1) is 0 Å². The lowest BCUT2D eigenvalue weighted by Gasteiger charge is -2.14. The first kappa shape index (κ1) is 19.9. The first-order chi connectivity index (χ1) is 13.1. The molecule has 0 aliphatic carbocycles. The van der Waals surface area contributed by atoms with E-state index in [-0.39, 0.29) is 11.7 Å². The van der Waals surface area contributed by atoms with Crippen LogP contribution in [0.2, 0.25) is 5.02 Å². The van der Waals surface area contributed by atoms with Crippen molar-refractivity contribution < 1.29 is 4.74 Å². The number of para-hydroxylation sites is 1. The van der Waals surface area contributed by atoms with Crippen molar-refractivity contribution in [3.8, 4) is 0 Å². The van der Waals surface area contributed by atoms with Crippen molar-refractivity contribution in [2.24, 2.45) is 0 Å². The number of nitrogens with zero attached hydrogens (tertiary/aromatic N) is 2. The molecule has 0 radical (unpaired) electrons. The number of hydrogen-bond acceptors (Lipinski definition) is 4. The number of benzene rings is 2. The van der Waals surface area contributed by atoms with Crippen LogP contribution < -0.4 is 5.56 Å². The summed E-state index contributed by atoms with van der Waals surface area (Å²) in [6, 6.07) is 15.2. The van der Waals surface area contributed by atoms with Gasteiger partial charge in [0.25, 0.3) is 5.56 Å². The Morgan fingerprint density at radius 1 is 1.15 bits per heavy atom. The average Bonchev–Trinajstić information content (AvgIpc) is 2.66. The molecule has 0 bridgehead atoms. The highest BCUT2D eigenvalue weighted by Crippen LogP contribution is 2.26. The summed E-state index contributed by atoms with van der Waals surface area (Å²) in [5.41, 5.74) is 1.74. The van der Waals surface area contributed by atoms with Gasteiger partial charge >= 0.3 is 0 Å². The van der Waals surface area contributed by atoms with Crippen LogP contribution in [0.4, 0.5) is 0 Å². The lowest BCUT2D eigenvalue weighted by Crippen LogP contribution is -2.24. The molecule has 3 aromatic rings. The SMILES string of the molecule is CC(C)OCCCn1c(SCc2ccccc2Cl)nc2ccccc2c1=O. The van der Waals surface area contributed by atoms with Gasteiger partial charge in [0.05, 0.1) is 17.0 Å². The molecule has 0 spiro atoms. The van der Waals surface area contributed by atoms with E-state index in [9.17, 15) is 4.79 Å². The number of fused-ring (bicyclic) bond motifs is 1. The van der Waals surface area contributed by atoms with Gasteiger partial charge in [-0.05, 0) is 44.0 Å². The largest absolute Gasteiger partial charge is 0.379 e. The maximum atomic E-state index is 13.0. The minimum absolute atomic E-state index is 0.00759. The van der Waals surface area contributed by atoms with Crippen LogP contribution in [0.5, 0.6) is 0 Å². The molecule has 0 atom stereocenters. The standard InChI is InChI=1S/C21H23ClN2O2S/c1-15(2)26-13-7-12-24-20(25)17-9-4-6-11-19(17)23-21(24)27-14-16-8-3-5-10-18(16)22/h3-6,8-11,15H,7,12-14H2,1-2H3. The van der Waals surface area contributed by atoms with E-state index in [2.05, 4.69) is 0 Å². The van der Waals surface area contributed by atoms with Gasteiger partial charge < -0.3 is 4.74 Å². The third kappa shape index (κ3) is 5.12. The lowest BCUT2D eigenvalue weighted by atomic mass is 10.2. The Labute approximate surface area is 168 Å². The maximum Gasteiger partial charge on any atom is 0.262 e. The number of aromatic nitrogens is 2. The van der Waals surface area contributed by atoms with Crippen molar-refractivity contribution >= 4 is 34.3 Å². The van der Waals surface area contributed by atoms with Gasteiger partial charge in [-0.1, -0.05) is 53.7 Å². The quantitative estimate of drug-likeness (QED) is 0.296. The Morgan fingerprint density at radius 3 is 2.67 bits per heavy atom. The number of hydrogen-bond donors (Lipinski definition) is 0. The van der Waals surface area contributed by atoms with E-state index in [4.69, 9.17) is 21.3 Å². The molecule has 0 N–H and O–H groups in total. The zero-order chi connectivity index (χ0) is 19.2. The monoisotopic (exact) mass is 402 g/mol. The molecule has 0 aliphatic heterocycles. The van der Waals surface area contributed by atoms with Crippen LogP contribution in [-0.2, 0) is 17.0 Å². The summed E-state index contributed by atoms with van der Waals surface area (Å²) in [5.74, 6) is 0.660. The molecule has 0 aliphatic rings. The molecule has 0 unspecified atom stereocenters. The Morgan fingerprint density at radius 2 is 1.89 bits per heavy atom. The predicted octanol–water partition coefficient (Wildman–Crippen LogP) is 5.16. The molecule has 1 heterocycles. The van der Waals surface area contributed by atoms with Gasteiger partial charge in [0, 0.05) is 23.9 Å².